The van der Waals surface area contributed by atoms with Crippen LogP contribution < -0.4 is 5.46 Å². The fourth-order valence-electron chi connectivity index (χ4n) is 9.24. The summed E-state index contributed by atoms with van der Waals surface area (Å²) < 4.78 is 12.6. The Hall–Kier alpha value is -0.795. The highest BCUT2D eigenvalue weighted by Gasteiger charge is 2.67. The van der Waals surface area contributed by atoms with Crippen molar-refractivity contribution in [3.63, 3.8) is 0 Å². The summed E-state index contributed by atoms with van der Waals surface area (Å²) >= 11 is 0. The first-order valence-corrected chi connectivity index (χ1v) is 12.2. The van der Waals surface area contributed by atoms with Gasteiger partial charge in [0.15, 0.2) is 0 Å². The van der Waals surface area contributed by atoms with E-state index in [-0.39, 0.29) is 18.3 Å². The van der Waals surface area contributed by atoms with Gasteiger partial charge in [-0.15, -0.1) is 0 Å². The Morgan fingerprint density at radius 2 is 1.14 bits per heavy atom. The molecule has 0 unspecified atom stereocenters. The summed E-state index contributed by atoms with van der Waals surface area (Å²) in [7, 11) is -0.239. The van der Waals surface area contributed by atoms with Gasteiger partial charge in [-0.2, -0.15) is 0 Å². The highest BCUT2D eigenvalue weighted by molar-refractivity contribution is 6.62. The monoisotopic (exact) mass is 390 g/mol. The van der Waals surface area contributed by atoms with Gasteiger partial charge in [0, 0.05) is 0 Å². The second kappa shape index (κ2) is 5.33. The molecule has 0 amide bonds. The van der Waals surface area contributed by atoms with E-state index in [1.54, 1.807) is 24.8 Å². The van der Waals surface area contributed by atoms with Crippen molar-refractivity contribution >= 4 is 12.6 Å². The van der Waals surface area contributed by atoms with E-state index in [1.807, 2.05) is 0 Å². The molecule has 8 bridgehead atoms. The molecule has 8 aliphatic rings. The van der Waals surface area contributed by atoms with Gasteiger partial charge in [-0.1, -0.05) is 24.3 Å². The average molecular weight is 390 g/mol. The van der Waals surface area contributed by atoms with Gasteiger partial charge in [0.25, 0.3) is 0 Å². The molecule has 2 nitrogen and oxygen atoms in total. The molecule has 0 atom stereocenters. The molecule has 3 heteroatoms. The lowest BCUT2D eigenvalue weighted by molar-refractivity contribution is -0.212. The molecule has 0 aromatic heterocycles. The van der Waals surface area contributed by atoms with Crippen molar-refractivity contribution in [2.75, 3.05) is 0 Å². The molecule has 8 fully saturated rings. The van der Waals surface area contributed by atoms with E-state index in [2.05, 4.69) is 52.0 Å². The van der Waals surface area contributed by atoms with Crippen molar-refractivity contribution in [1.82, 2.24) is 0 Å². The first kappa shape index (κ1) is 17.8. The highest BCUT2D eigenvalue weighted by Crippen LogP contribution is 2.74. The fraction of sp³-hybridized carbons (Fsp3) is 0.769. The number of hydrogen-bond donors (Lipinski definition) is 0. The van der Waals surface area contributed by atoms with E-state index in [1.165, 1.54) is 24.7 Å². The summed E-state index contributed by atoms with van der Waals surface area (Å²) in [5.74, 6) is 7.50. The van der Waals surface area contributed by atoms with Crippen LogP contribution in [0.25, 0.3) is 0 Å². The number of rotatable bonds is 2. The maximum Gasteiger partial charge on any atom is 0.494 e. The van der Waals surface area contributed by atoms with Crippen molar-refractivity contribution in [2.45, 2.75) is 82.8 Å². The van der Waals surface area contributed by atoms with E-state index >= 15 is 0 Å². The lowest BCUT2D eigenvalue weighted by Crippen LogP contribution is -2.66. The Morgan fingerprint density at radius 3 is 1.59 bits per heavy atom. The first-order valence-electron chi connectivity index (χ1n) is 12.2. The van der Waals surface area contributed by atoms with Gasteiger partial charge in [0.1, 0.15) is 0 Å². The molecule has 1 saturated heterocycles. The summed E-state index contributed by atoms with van der Waals surface area (Å²) in [4.78, 5) is 0. The Balaban J connectivity index is 1.19. The minimum Gasteiger partial charge on any atom is -0.399 e. The smallest absolute Gasteiger partial charge is 0.399 e. The summed E-state index contributed by atoms with van der Waals surface area (Å²) in [6.45, 7) is 8.55. The molecule has 1 aromatic carbocycles. The van der Waals surface area contributed by atoms with Gasteiger partial charge in [-0.3, -0.25) is 0 Å². The van der Waals surface area contributed by atoms with Crippen LogP contribution in [0.3, 0.4) is 0 Å². The minimum absolute atomic E-state index is 0.239. The van der Waals surface area contributed by atoms with Crippen LogP contribution in [0, 0.1) is 41.4 Å². The number of benzene rings is 1. The molecule has 9 rings (SSSR count). The summed E-state index contributed by atoms with van der Waals surface area (Å²) in [5.41, 5.74) is 2.73. The van der Waals surface area contributed by atoms with Crippen LogP contribution in [0.15, 0.2) is 24.3 Å². The van der Waals surface area contributed by atoms with Gasteiger partial charge in [-0.25, -0.2) is 0 Å². The second-order valence-corrected chi connectivity index (χ2v) is 12.7. The molecular formula is C26H35BO2. The third-order valence-corrected chi connectivity index (χ3v) is 11.0. The molecule has 154 valence electrons. The molecular weight excluding hydrogens is 355 g/mol. The van der Waals surface area contributed by atoms with E-state index in [9.17, 15) is 0 Å². The lowest BCUT2D eigenvalue weighted by Gasteiger charge is -2.72. The summed E-state index contributed by atoms with van der Waals surface area (Å²) in [6.07, 6.45) is 9.16. The Morgan fingerprint density at radius 1 is 0.690 bits per heavy atom. The van der Waals surface area contributed by atoms with Gasteiger partial charge in [0.05, 0.1) is 11.2 Å². The topological polar surface area (TPSA) is 18.5 Å². The molecule has 29 heavy (non-hydrogen) atoms. The van der Waals surface area contributed by atoms with Gasteiger partial charge >= 0.3 is 7.12 Å². The zero-order chi connectivity index (χ0) is 19.8. The lowest BCUT2D eigenvalue weighted by atomic mass is 9.32. The van der Waals surface area contributed by atoms with Crippen LogP contribution in [0.4, 0.5) is 0 Å². The second-order valence-electron chi connectivity index (χ2n) is 12.7. The Bertz CT molecular complexity index is 780. The molecule has 0 radical (unpaired) electrons. The third kappa shape index (κ3) is 2.17. The van der Waals surface area contributed by atoms with Crippen molar-refractivity contribution in [2.24, 2.45) is 41.4 Å². The first-order chi connectivity index (χ1) is 13.8. The van der Waals surface area contributed by atoms with Crippen molar-refractivity contribution in [1.29, 1.82) is 0 Å². The van der Waals surface area contributed by atoms with E-state index in [0.717, 1.165) is 41.4 Å². The van der Waals surface area contributed by atoms with Gasteiger partial charge < -0.3 is 9.31 Å². The molecule has 0 N–H and O–H groups in total. The van der Waals surface area contributed by atoms with Crippen molar-refractivity contribution in [3.8, 4) is 0 Å². The van der Waals surface area contributed by atoms with Gasteiger partial charge in [-0.05, 0) is 124 Å². The SMILES string of the molecule is CC1(C)OB(c2ccc(C34CC5C6CC7CC5C(C3)C(C7)C6C4)cc2)OC1(C)C. The maximum atomic E-state index is 6.29. The van der Waals surface area contributed by atoms with Crippen molar-refractivity contribution < 1.29 is 9.31 Å². The van der Waals surface area contributed by atoms with Crippen LogP contribution >= 0.6 is 0 Å². The minimum atomic E-state index is -0.269. The summed E-state index contributed by atoms with van der Waals surface area (Å²) in [5, 5.41) is 0. The van der Waals surface area contributed by atoms with Crippen molar-refractivity contribution in [3.05, 3.63) is 29.8 Å². The quantitative estimate of drug-likeness (QED) is 0.666. The van der Waals surface area contributed by atoms with Crippen LogP contribution in [0.2, 0.25) is 0 Å². The number of hydrogen-bond acceptors (Lipinski definition) is 2. The van der Waals surface area contributed by atoms with Gasteiger partial charge in [0.2, 0.25) is 0 Å². The molecule has 7 saturated carbocycles. The average Bonchev–Trinajstić information content (AvgIpc) is 2.93. The molecule has 1 aromatic rings. The Labute approximate surface area is 176 Å². The Kier molecular flexibility index (Phi) is 3.28. The molecule has 7 aliphatic carbocycles. The normalized spacial score (nSPS) is 49.9. The molecule has 1 heterocycles. The van der Waals surface area contributed by atoms with Crippen LogP contribution in [-0.2, 0) is 14.7 Å². The fourth-order valence-corrected chi connectivity index (χ4v) is 9.24. The zero-order valence-electron chi connectivity index (χ0n) is 18.5. The maximum absolute atomic E-state index is 6.29. The zero-order valence-corrected chi connectivity index (χ0v) is 18.5. The van der Waals surface area contributed by atoms with E-state index in [0.29, 0.717) is 5.41 Å². The predicted octanol–water partition coefficient (Wildman–Crippen LogP) is 4.95. The predicted molar refractivity (Wildman–Crippen MR) is 116 cm³/mol. The summed E-state index contributed by atoms with van der Waals surface area (Å²) in [6, 6.07) is 9.48. The standard InChI is InChI=1S/C26H35BO2/c1-24(2)25(3,4)29-27(28-24)17-7-5-16(6-8-17)26-12-21-18-9-15-10-19(21)23(14-26)20(11-15)22(18)13-26/h5-8,15,18-23H,9-14H2,1-4H3. The van der Waals surface area contributed by atoms with Crippen LogP contribution in [-0.4, -0.2) is 18.3 Å². The molecule has 0 spiro atoms. The van der Waals surface area contributed by atoms with Crippen LogP contribution in [0.5, 0.6) is 0 Å². The van der Waals surface area contributed by atoms with E-state index in [4.69, 9.17) is 9.31 Å². The van der Waals surface area contributed by atoms with E-state index < -0.39 is 0 Å². The van der Waals surface area contributed by atoms with Crippen LogP contribution in [0.1, 0.15) is 71.8 Å². The largest absolute Gasteiger partial charge is 0.494 e. The highest BCUT2D eigenvalue weighted by atomic mass is 16.7. The third-order valence-electron chi connectivity index (χ3n) is 11.0. The molecule has 1 aliphatic heterocycles.